The first-order valence-electron chi connectivity index (χ1n) is 6.03. The van der Waals surface area contributed by atoms with Crippen LogP contribution in [-0.4, -0.2) is 43.1 Å². The van der Waals surface area contributed by atoms with Crippen LogP contribution in [0.1, 0.15) is 19.8 Å². The van der Waals surface area contributed by atoms with E-state index in [0.717, 1.165) is 12.5 Å². The lowest BCUT2D eigenvalue weighted by atomic mass is 9.98. The molecule has 18 heavy (non-hydrogen) atoms. The zero-order chi connectivity index (χ0) is 11.5. The summed E-state index contributed by atoms with van der Waals surface area (Å²) in [5.74, 6) is 0.795. The van der Waals surface area contributed by atoms with Crippen LogP contribution >= 0.6 is 36.2 Å². The van der Waals surface area contributed by atoms with Gasteiger partial charge >= 0.3 is 0 Å². The maximum atomic E-state index is 4.41. The highest BCUT2D eigenvalue weighted by atomic mass is 35.5. The van der Waals surface area contributed by atoms with Gasteiger partial charge < -0.3 is 9.80 Å². The smallest absolute Gasteiger partial charge is 0.185 e. The van der Waals surface area contributed by atoms with Gasteiger partial charge in [0.15, 0.2) is 5.13 Å². The maximum absolute atomic E-state index is 4.41. The van der Waals surface area contributed by atoms with Crippen molar-refractivity contribution in [1.82, 2.24) is 9.88 Å². The fourth-order valence-corrected chi connectivity index (χ4v) is 3.29. The highest BCUT2D eigenvalue weighted by Gasteiger charge is 2.34. The van der Waals surface area contributed by atoms with Crippen molar-refractivity contribution in [2.24, 2.45) is 5.92 Å². The second-order valence-corrected chi connectivity index (χ2v) is 5.67. The Labute approximate surface area is 126 Å². The standard InChI is InChI=1S/C12H21N3S.2ClH/c1-4-5-10-8-15(9-11(10)14(2)3)12-13-6-7-16-12;;/h6-7,10-11H,4-5,8-9H2,1-3H3;2*1H/t10-,11-;;/m0../s1. The maximum Gasteiger partial charge on any atom is 0.185 e. The number of nitrogens with zero attached hydrogens (tertiary/aromatic N) is 3. The van der Waals surface area contributed by atoms with Crippen molar-refractivity contribution >= 4 is 41.3 Å². The van der Waals surface area contributed by atoms with Gasteiger partial charge in [-0.15, -0.1) is 36.2 Å². The average molecular weight is 312 g/mol. The quantitative estimate of drug-likeness (QED) is 0.851. The van der Waals surface area contributed by atoms with Gasteiger partial charge in [-0.2, -0.15) is 0 Å². The average Bonchev–Trinajstić information content (AvgIpc) is 2.83. The molecule has 1 aromatic heterocycles. The van der Waals surface area contributed by atoms with Gasteiger partial charge in [0.1, 0.15) is 0 Å². The summed E-state index contributed by atoms with van der Waals surface area (Å²) in [5.41, 5.74) is 0. The van der Waals surface area contributed by atoms with E-state index < -0.39 is 0 Å². The fourth-order valence-electron chi connectivity index (χ4n) is 2.62. The SMILES string of the molecule is CCC[C@H]1CN(c2nccs2)C[C@@H]1N(C)C.Cl.Cl. The first-order chi connectivity index (χ1) is 7.72. The van der Waals surface area contributed by atoms with E-state index in [-0.39, 0.29) is 24.8 Å². The number of hydrogen-bond acceptors (Lipinski definition) is 4. The Balaban J connectivity index is 0.00000144. The Kier molecular flexibility index (Phi) is 8.19. The topological polar surface area (TPSA) is 19.4 Å². The van der Waals surface area contributed by atoms with Crippen LogP contribution in [-0.2, 0) is 0 Å². The van der Waals surface area contributed by atoms with Crippen molar-refractivity contribution in [3.05, 3.63) is 11.6 Å². The molecule has 2 atom stereocenters. The van der Waals surface area contributed by atoms with Crippen molar-refractivity contribution in [2.75, 3.05) is 32.1 Å². The Hall–Kier alpha value is -0.0300. The highest BCUT2D eigenvalue weighted by Crippen LogP contribution is 2.29. The number of likely N-dealkylation sites (N-methyl/N-ethyl adjacent to an activating group) is 1. The van der Waals surface area contributed by atoms with E-state index in [1.165, 1.54) is 24.5 Å². The van der Waals surface area contributed by atoms with Crippen LogP contribution in [0.5, 0.6) is 0 Å². The number of thiazole rings is 1. The molecule has 1 aliphatic heterocycles. The molecule has 0 radical (unpaired) electrons. The molecule has 0 unspecified atom stereocenters. The lowest BCUT2D eigenvalue weighted by Gasteiger charge is -2.24. The van der Waals surface area contributed by atoms with Crippen LogP contribution in [0.4, 0.5) is 5.13 Å². The van der Waals surface area contributed by atoms with Crippen molar-refractivity contribution in [2.45, 2.75) is 25.8 Å². The third-order valence-electron chi connectivity index (χ3n) is 3.42. The van der Waals surface area contributed by atoms with E-state index in [9.17, 15) is 0 Å². The zero-order valence-corrected chi connectivity index (χ0v) is 13.7. The van der Waals surface area contributed by atoms with Gasteiger partial charge in [0, 0.05) is 30.7 Å². The largest absolute Gasteiger partial charge is 0.346 e. The molecule has 3 nitrogen and oxygen atoms in total. The third kappa shape index (κ3) is 3.98. The lowest BCUT2D eigenvalue weighted by Crippen LogP contribution is -2.35. The summed E-state index contributed by atoms with van der Waals surface area (Å²) in [7, 11) is 4.39. The van der Waals surface area contributed by atoms with Gasteiger partial charge in [-0.05, 0) is 26.4 Å². The third-order valence-corrected chi connectivity index (χ3v) is 4.25. The van der Waals surface area contributed by atoms with Crippen LogP contribution in [0.15, 0.2) is 11.6 Å². The van der Waals surface area contributed by atoms with Crippen LogP contribution < -0.4 is 4.90 Å². The molecule has 0 saturated carbocycles. The summed E-state index contributed by atoms with van der Waals surface area (Å²) < 4.78 is 0. The second-order valence-electron chi connectivity index (χ2n) is 4.80. The monoisotopic (exact) mass is 311 g/mol. The molecule has 1 aliphatic rings. The molecule has 1 saturated heterocycles. The number of anilines is 1. The molecule has 1 fully saturated rings. The normalized spacial score (nSPS) is 22.8. The Morgan fingerprint density at radius 3 is 2.61 bits per heavy atom. The van der Waals surface area contributed by atoms with Crippen LogP contribution in [0, 0.1) is 5.92 Å². The van der Waals surface area contributed by atoms with Crippen LogP contribution in [0.2, 0.25) is 0 Å². The van der Waals surface area contributed by atoms with E-state index >= 15 is 0 Å². The number of rotatable bonds is 4. The van der Waals surface area contributed by atoms with Crippen molar-refractivity contribution in [1.29, 1.82) is 0 Å². The van der Waals surface area contributed by atoms with Gasteiger partial charge in [-0.25, -0.2) is 4.98 Å². The summed E-state index contributed by atoms with van der Waals surface area (Å²) in [5, 5.41) is 3.25. The minimum absolute atomic E-state index is 0. The van der Waals surface area contributed by atoms with Crippen molar-refractivity contribution < 1.29 is 0 Å². The molecule has 0 aliphatic carbocycles. The van der Waals surface area contributed by atoms with E-state index in [0.29, 0.717) is 6.04 Å². The summed E-state index contributed by atoms with van der Waals surface area (Å²) in [6.45, 7) is 4.58. The molecule has 106 valence electrons. The van der Waals surface area contributed by atoms with Gasteiger partial charge in [0.25, 0.3) is 0 Å². The predicted octanol–water partition coefficient (Wildman–Crippen LogP) is 3.15. The Morgan fingerprint density at radius 2 is 2.11 bits per heavy atom. The predicted molar refractivity (Wildman–Crippen MR) is 84.7 cm³/mol. The minimum Gasteiger partial charge on any atom is -0.346 e. The molecular formula is C12H23Cl2N3S. The molecule has 0 N–H and O–H groups in total. The van der Waals surface area contributed by atoms with E-state index in [1.54, 1.807) is 11.3 Å². The second kappa shape index (κ2) is 8.20. The molecule has 2 rings (SSSR count). The summed E-state index contributed by atoms with van der Waals surface area (Å²) >= 11 is 1.75. The minimum atomic E-state index is 0. The number of halogens is 2. The summed E-state index contributed by atoms with van der Waals surface area (Å²) in [6, 6.07) is 0.684. The first-order valence-corrected chi connectivity index (χ1v) is 6.91. The molecule has 1 aromatic rings. The number of hydrogen-bond donors (Lipinski definition) is 0. The van der Waals surface area contributed by atoms with Crippen LogP contribution in [0.3, 0.4) is 0 Å². The van der Waals surface area contributed by atoms with E-state index in [4.69, 9.17) is 0 Å². The van der Waals surface area contributed by atoms with E-state index in [1.807, 2.05) is 6.20 Å². The van der Waals surface area contributed by atoms with E-state index in [2.05, 4.69) is 41.2 Å². The van der Waals surface area contributed by atoms with Gasteiger partial charge in [-0.1, -0.05) is 13.3 Å². The van der Waals surface area contributed by atoms with Gasteiger partial charge in [-0.3, -0.25) is 0 Å². The molecule has 2 heterocycles. The fraction of sp³-hybridized carbons (Fsp3) is 0.750. The Morgan fingerprint density at radius 1 is 1.39 bits per heavy atom. The Bertz CT molecular complexity index is 319. The van der Waals surface area contributed by atoms with Crippen molar-refractivity contribution in [3.63, 3.8) is 0 Å². The lowest BCUT2D eigenvalue weighted by molar-refractivity contribution is 0.246. The first kappa shape index (κ1) is 18.0. The molecule has 6 heteroatoms. The van der Waals surface area contributed by atoms with Gasteiger partial charge in [0.2, 0.25) is 0 Å². The van der Waals surface area contributed by atoms with Gasteiger partial charge in [0.05, 0.1) is 0 Å². The zero-order valence-electron chi connectivity index (χ0n) is 11.2. The van der Waals surface area contributed by atoms with Crippen molar-refractivity contribution in [3.8, 4) is 0 Å². The molecule has 0 aromatic carbocycles. The molecular weight excluding hydrogens is 289 g/mol. The molecule has 0 bridgehead atoms. The highest BCUT2D eigenvalue weighted by molar-refractivity contribution is 7.13. The molecule has 0 amide bonds. The van der Waals surface area contributed by atoms with Crippen LogP contribution in [0.25, 0.3) is 0 Å². The summed E-state index contributed by atoms with van der Waals surface area (Å²) in [6.07, 6.45) is 4.50. The molecule has 0 spiro atoms. The summed E-state index contributed by atoms with van der Waals surface area (Å²) in [4.78, 5) is 9.22. The number of aromatic nitrogens is 1.